The number of anilines is 2. The quantitative estimate of drug-likeness (QED) is 0.733. The van der Waals surface area contributed by atoms with Crippen LogP contribution in [0.2, 0.25) is 0 Å². The van der Waals surface area contributed by atoms with Gasteiger partial charge in [-0.3, -0.25) is 9.59 Å². The maximum absolute atomic E-state index is 11.9. The maximum Gasteiger partial charge on any atom is 0.238 e. The number of hydrogen-bond acceptors (Lipinski definition) is 4. The van der Waals surface area contributed by atoms with Crippen molar-refractivity contribution in [2.75, 3.05) is 31.3 Å². The summed E-state index contributed by atoms with van der Waals surface area (Å²) >= 11 is 0. The number of rotatable bonds is 6. The number of nitrogens with one attached hydrogen (secondary N) is 2. The lowest BCUT2D eigenvalue weighted by atomic mass is 10.0. The molecule has 0 aromatic heterocycles. The van der Waals surface area contributed by atoms with Crippen LogP contribution in [0.4, 0.5) is 11.4 Å². The number of amides is 2. The van der Waals surface area contributed by atoms with Crippen LogP contribution < -0.4 is 16.4 Å². The SMILES string of the molecule is CC(N)C(C)C(=O)Nc1ccc(NC(=O)CN(C)C)cc1. The first-order chi connectivity index (χ1) is 9.79. The van der Waals surface area contributed by atoms with E-state index in [1.54, 1.807) is 43.0 Å². The number of carbonyl (C=O) groups excluding carboxylic acids is 2. The fourth-order valence-corrected chi connectivity index (χ4v) is 1.62. The van der Waals surface area contributed by atoms with E-state index in [2.05, 4.69) is 10.6 Å². The molecule has 6 nitrogen and oxygen atoms in total. The molecule has 2 unspecified atom stereocenters. The zero-order valence-corrected chi connectivity index (χ0v) is 13.0. The van der Waals surface area contributed by atoms with Crippen LogP contribution in [-0.2, 0) is 9.59 Å². The van der Waals surface area contributed by atoms with Gasteiger partial charge in [0.1, 0.15) is 0 Å². The largest absolute Gasteiger partial charge is 0.327 e. The monoisotopic (exact) mass is 292 g/mol. The summed E-state index contributed by atoms with van der Waals surface area (Å²) in [4.78, 5) is 25.3. The van der Waals surface area contributed by atoms with Gasteiger partial charge in [0.05, 0.1) is 12.5 Å². The molecule has 4 N–H and O–H groups in total. The van der Waals surface area contributed by atoms with E-state index in [1.807, 2.05) is 14.1 Å². The predicted octanol–water partition coefficient (Wildman–Crippen LogP) is 1.11. The minimum Gasteiger partial charge on any atom is -0.327 e. The third-order valence-corrected chi connectivity index (χ3v) is 3.10. The number of benzene rings is 1. The van der Waals surface area contributed by atoms with Crippen molar-refractivity contribution in [3.05, 3.63) is 24.3 Å². The lowest BCUT2D eigenvalue weighted by Crippen LogP contribution is -2.34. The maximum atomic E-state index is 11.9. The van der Waals surface area contributed by atoms with Gasteiger partial charge >= 0.3 is 0 Å². The highest BCUT2D eigenvalue weighted by molar-refractivity contribution is 5.94. The van der Waals surface area contributed by atoms with Crippen molar-refractivity contribution in [2.24, 2.45) is 11.7 Å². The van der Waals surface area contributed by atoms with Gasteiger partial charge in [0.2, 0.25) is 11.8 Å². The van der Waals surface area contributed by atoms with Crippen molar-refractivity contribution < 1.29 is 9.59 Å². The lowest BCUT2D eigenvalue weighted by molar-refractivity contribution is -0.120. The molecule has 0 bridgehead atoms. The zero-order valence-electron chi connectivity index (χ0n) is 13.0. The highest BCUT2D eigenvalue weighted by Gasteiger charge is 2.16. The van der Waals surface area contributed by atoms with Gasteiger partial charge in [-0.25, -0.2) is 0 Å². The molecule has 0 fully saturated rings. The van der Waals surface area contributed by atoms with Crippen molar-refractivity contribution in [3.8, 4) is 0 Å². The second-order valence-electron chi connectivity index (χ2n) is 5.50. The molecule has 1 rings (SSSR count). The van der Waals surface area contributed by atoms with E-state index in [0.717, 1.165) is 0 Å². The third-order valence-electron chi connectivity index (χ3n) is 3.10. The Morgan fingerprint density at radius 1 is 1.10 bits per heavy atom. The molecule has 2 atom stereocenters. The molecule has 116 valence electrons. The number of nitrogens with two attached hydrogens (primary N) is 1. The van der Waals surface area contributed by atoms with Crippen LogP contribution in [0.5, 0.6) is 0 Å². The summed E-state index contributed by atoms with van der Waals surface area (Å²) < 4.78 is 0. The van der Waals surface area contributed by atoms with Gasteiger partial charge in [0, 0.05) is 17.4 Å². The van der Waals surface area contributed by atoms with Crippen LogP contribution in [0.3, 0.4) is 0 Å². The van der Waals surface area contributed by atoms with Crippen molar-refractivity contribution in [2.45, 2.75) is 19.9 Å². The van der Waals surface area contributed by atoms with E-state index in [9.17, 15) is 9.59 Å². The first kappa shape index (κ1) is 17.1. The Morgan fingerprint density at radius 3 is 2.00 bits per heavy atom. The van der Waals surface area contributed by atoms with Gasteiger partial charge in [-0.05, 0) is 45.3 Å². The van der Waals surface area contributed by atoms with E-state index in [1.165, 1.54) is 0 Å². The number of hydrogen-bond donors (Lipinski definition) is 3. The van der Waals surface area contributed by atoms with E-state index in [4.69, 9.17) is 5.73 Å². The minimum atomic E-state index is -0.260. The Hall–Kier alpha value is -1.92. The molecule has 1 aromatic rings. The Kier molecular flexibility index (Phi) is 6.33. The van der Waals surface area contributed by atoms with Gasteiger partial charge in [-0.15, -0.1) is 0 Å². The molecule has 2 amide bonds. The molecule has 0 aliphatic carbocycles. The van der Waals surface area contributed by atoms with Crippen molar-refractivity contribution >= 4 is 23.2 Å². The van der Waals surface area contributed by atoms with Crippen molar-refractivity contribution in [1.29, 1.82) is 0 Å². The van der Waals surface area contributed by atoms with Crippen LogP contribution >= 0.6 is 0 Å². The average Bonchev–Trinajstić information content (AvgIpc) is 2.38. The van der Waals surface area contributed by atoms with E-state index < -0.39 is 0 Å². The number of nitrogens with zero attached hydrogens (tertiary/aromatic N) is 1. The molecule has 0 saturated carbocycles. The van der Waals surface area contributed by atoms with E-state index in [0.29, 0.717) is 17.9 Å². The Labute approximate surface area is 125 Å². The van der Waals surface area contributed by atoms with Crippen molar-refractivity contribution in [1.82, 2.24) is 4.90 Å². The molecule has 21 heavy (non-hydrogen) atoms. The molecule has 6 heteroatoms. The molecule has 0 aliphatic rings. The molecule has 0 heterocycles. The van der Waals surface area contributed by atoms with Gasteiger partial charge < -0.3 is 21.3 Å². The normalized spacial score (nSPS) is 13.6. The first-order valence-electron chi connectivity index (χ1n) is 6.90. The highest BCUT2D eigenvalue weighted by atomic mass is 16.2. The molecule has 0 saturated heterocycles. The Bertz CT molecular complexity index is 483. The topological polar surface area (TPSA) is 87.5 Å². The second-order valence-corrected chi connectivity index (χ2v) is 5.50. The van der Waals surface area contributed by atoms with Gasteiger partial charge in [-0.1, -0.05) is 6.92 Å². The summed E-state index contributed by atoms with van der Waals surface area (Å²) in [6, 6.07) is 6.79. The average molecular weight is 292 g/mol. The highest BCUT2D eigenvalue weighted by Crippen LogP contribution is 2.15. The lowest BCUT2D eigenvalue weighted by Gasteiger charge is -2.15. The van der Waals surface area contributed by atoms with Crippen molar-refractivity contribution in [3.63, 3.8) is 0 Å². The molecule has 0 spiro atoms. The Balaban J connectivity index is 2.58. The minimum absolute atomic E-state index is 0.0811. The first-order valence-corrected chi connectivity index (χ1v) is 6.90. The van der Waals surface area contributed by atoms with Crippen LogP contribution in [0, 0.1) is 5.92 Å². The summed E-state index contributed by atoms with van der Waals surface area (Å²) in [5, 5.41) is 5.58. The van der Waals surface area contributed by atoms with Gasteiger partial charge in [0.15, 0.2) is 0 Å². The number of likely N-dealkylation sites (N-methyl/N-ethyl adjacent to an activating group) is 1. The summed E-state index contributed by atoms with van der Waals surface area (Å²) in [7, 11) is 3.66. The standard InChI is InChI=1S/C15H24N4O2/c1-10(11(2)16)15(21)18-13-7-5-12(6-8-13)17-14(20)9-19(3)4/h5-8,10-11H,9,16H2,1-4H3,(H,17,20)(H,18,21). The molecular formula is C15H24N4O2. The zero-order chi connectivity index (χ0) is 16.0. The second kappa shape index (κ2) is 7.75. The summed E-state index contributed by atoms with van der Waals surface area (Å²) in [5.41, 5.74) is 7.07. The summed E-state index contributed by atoms with van der Waals surface area (Å²) in [6.45, 7) is 3.91. The number of carbonyl (C=O) groups is 2. The molecule has 0 aliphatic heterocycles. The van der Waals surface area contributed by atoms with Crippen LogP contribution in [0.25, 0.3) is 0 Å². The van der Waals surface area contributed by atoms with E-state index in [-0.39, 0.29) is 23.8 Å². The summed E-state index contributed by atoms with van der Waals surface area (Å²) in [6.07, 6.45) is 0. The van der Waals surface area contributed by atoms with Gasteiger partial charge in [-0.2, -0.15) is 0 Å². The van der Waals surface area contributed by atoms with Gasteiger partial charge in [0.25, 0.3) is 0 Å². The molecule has 0 radical (unpaired) electrons. The summed E-state index contributed by atoms with van der Waals surface area (Å²) in [5.74, 6) is -0.457. The predicted molar refractivity (Wildman–Crippen MR) is 85.1 cm³/mol. The van der Waals surface area contributed by atoms with Crippen LogP contribution in [0.1, 0.15) is 13.8 Å². The fraction of sp³-hybridized carbons (Fsp3) is 0.467. The smallest absolute Gasteiger partial charge is 0.238 e. The molecule has 1 aromatic carbocycles. The third kappa shape index (κ3) is 5.93. The van der Waals surface area contributed by atoms with Crippen LogP contribution in [0.15, 0.2) is 24.3 Å². The van der Waals surface area contributed by atoms with Crippen LogP contribution in [-0.4, -0.2) is 43.4 Å². The molecular weight excluding hydrogens is 268 g/mol. The van der Waals surface area contributed by atoms with E-state index >= 15 is 0 Å². The fourth-order valence-electron chi connectivity index (χ4n) is 1.62. The Morgan fingerprint density at radius 2 is 1.57 bits per heavy atom.